The second-order valence-electron chi connectivity index (χ2n) is 5.12. The van der Waals surface area contributed by atoms with E-state index >= 15 is 0 Å². The second-order valence-corrected chi connectivity index (χ2v) is 5.12. The van der Waals surface area contributed by atoms with Gasteiger partial charge in [0.15, 0.2) is 0 Å². The highest BCUT2D eigenvalue weighted by molar-refractivity contribution is 5.98. The van der Waals surface area contributed by atoms with Gasteiger partial charge in [0.05, 0.1) is 5.71 Å². The Balaban J connectivity index is 2.58. The summed E-state index contributed by atoms with van der Waals surface area (Å²) < 4.78 is 1.29. The van der Waals surface area contributed by atoms with E-state index in [1.54, 1.807) is 13.0 Å². The van der Waals surface area contributed by atoms with Crippen molar-refractivity contribution in [2.75, 3.05) is 0 Å². The molecular formula is C17H17N3O. The van der Waals surface area contributed by atoms with Gasteiger partial charge in [-0.15, -0.1) is 0 Å². The predicted octanol–water partition coefficient (Wildman–Crippen LogP) is 2.92. The molecule has 1 aromatic carbocycles. The monoisotopic (exact) mass is 279 g/mol. The summed E-state index contributed by atoms with van der Waals surface area (Å²) in [6.45, 7) is 7.43. The highest BCUT2D eigenvalue weighted by atomic mass is 16.1. The Kier molecular flexibility index (Phi) is 4.04. The molecule has 0 aliphatic rings. The SMILES string of the molecule is C/C(=N\n1c(C)cc(C)c(C#N)c1=O)c1ccc(C)cc1. The summed E-state index contributed by atoms with van der Waals surface area (Å²) in [5.41, 5.74) is 4.01. The zero-order chi connectivity index (χ0) is 15.6. The summed E-state index contributed by atoms with van der Waals surface area (Å²) in [6.07, 6.45) is 0. The third-order valence-electron chi connectivity index (χ3n) is 3.39. The first-order valence-electron chi connectivity index (χ1n) is 6.70. The van der Waals surface area contributed by atoms with Crippen molar-refractivity contribution < 1.29 is 0 Å². The molecule has 0 atom stereocenters. The minimum absolute atomic E-state index is 0.140. The van der Waals surface area contributed by atoms with Crippen LogP contribution in [-0.2, 0) is 0 Å². The summed E-state index contributed by atoms with van der Waals surface area (Å²) in [4.78, 5) is 12.3. The zero-order valence-electron chi connectivity index (χ0n) is 12.6. The lowest BCUT2D eigenvalue weighted by molar-refractivity contribution is 0.781. The summed E-state index contributed by atoms with van der Waals surface area (Å²) in [5.74, 6) is 0. The first-order chi connectivity index (χ1) is 9.93. The van der Waals surface area contributed by atoms with Gasteiger partial charge in [-0.1, -0.05) is 29.8 Å². The Labute approximate surface area is 124 Å². The van der Waals surface area contributed by atoms with Crippen molar-refractivity contribution >= 4 is 5.71 Å². The molecule has 2 rings (SSSR count). The van der Waals surface area contributed by atoms with Crippen molar-refractivity contribution in [3.8, 4) is 6.07 Å². The number of hydrogen-bond acceptors (Lipinski definition) is 3. The average molecular weight is 279 g/mol. The first kappa shape index (κ1) is 14.7. The Morgan fingerprint density at radius 2 is 1.81 bits per heavy atom. The number of rotatable bonds is 2. The summed E-state index contributed by atoms with van der Waals surface area (Å²) in [6, 6.07) is 11.7. The van der Waals surface area contributed by atoms with Crippen LogP contribution in [0.5, 0.6) is 0 Å². The lowest BCUT2D eigenvalue weighted by Gasteiger charge is -2.08. The fraction of sp³-hybridized carbons (Fsp3) is 0.235. The number of hydrogen-bond donors (Lipinski definition) is 0. The van der Waals surface area contributed by atoms with Crippen LogP contribution in [0.4, 0.5) is 0 Å². The van der Waals surface area contributed by atoms with Crippen molar-refractivity contribution in [3.05, 3.63) is 68.6 Å². The van der Waals surface area contributed by atoms with Crippen LogP contribution in [0.25, 0.3) is 0 Å². The van der Waals surface area contributed by atoms with Crippen molar-refractivity contribution in [1.82, 2.24) is 4.68 Å². The first-order valence-corrected chi connectivity index (χ1v) is 6.70. The number of aryl methyl sites for hydroxylation is 3. The standard InChI is InChI=1S/C17H17N3O/c1-11-5-7-15(8-6-11)14(4)19-20-13(3)9-12(2)16(10-18)17(20)21/h5-9H,1-4H3/b19-14+. The molecular weight excluding hydrogens is 262 g/mol. The molecule has 1 heterocycles. The molecule has 4 heteroatoms. The van der Waals surface area contributed by atoms with E-state index in [2.05, 4.69) is 5.10 Å². The van der Waals surface area contributed by atoms with E-state index in [9.17, 15) is 4.79 Å². The molecule has 0 saturated carbocycles. The Hall–Kier alpha value is -2.67. The predicted molar refractivity (Wildman–Crippen MR) is 83.7 cm³/mol. The zero-order valence-corrected chi connectivity index (χ0v) is 12.6. The highest BCUT2D eigenvalue weighted by Crippen LogP contribution is 2.08. The van der Waals surface area contributed by atoms with E-state index in [0.29, 0.717) is 11.3 Å². The van der Waals surface area contributed by atoms with Gasteiger partial charge in [0.25, 0.3) is 5.56 Å². The smallest absolute Gasteiger partial charge is 0.266 e. The molecule has 1 aromatic heterocycles. The maximum Gasteiger partial charge on any atom is 0.289 e. The third-order valence-corrected chi connectivity index (χ3v) is 3.39. The molecule has 0 aliphatic carbocycles. The topological polar surface area (TPSA) is 58.1 Å². The number of nitriles is 1. The molecule has 106 valence electrons. The minimum Gasteiger partial charge on any atom is -0.266 e. The molecule has 0 bridgehead atoms. The summed E-state index contributed by atoms with van der Waals surface area (Å²) in [5, 5.41) is 13.5. The van der Waals surface area contributed by atoms with Gasteiger partial charge in [-0.2, -0.15) is 10.4 Å². The quantitative estimate of drug-likeness (QED) is 0.794. The molecule has 0 saturated heterocycles. The van der Waals surface area contributed by atoms with Crippen LogP contribution in [0.1, 0.15) is 34.9 Å². The molecule has 0 aliphatic heterocycles. The molecule has 0 amide bonds. The molecule has 0 unspecified atom stereocenters. The van der Waals surface area contributed by atoms with Gasteiger partial charge in [-0.25, -0.2) is 4.68 Å². The number of nitrogens with zero attached hydrogens (tertiary/aromatic N) is 3. The van der Waals surface area contributed by atoms with Crippen LogP contribution in [-0.4, -0.2) is 10.4 Å². The maximum atomic E-state index is 12.3. The maximum absolute atomic E-state index is 12.3. The number of aromatic nitrogens is 1. The molecule has 0 spiro atoms. The van der Waals surface area contributed by atoms with Gasteiger partial charge in [0, 0.05) is 5.69 Å². The van der Waals surface area contributed by atoms with Crippen molar-refractivity contribution in [2.45, 2.75) is 27.7 Å². The van der Waals surface area contributed by atoms with Crippen molar-refractivity contribution in [2.24, 2.45) is 5.10 Å². The molecule has 21 heavy (non-hydrogen) atoms. The van der Waals surface area contributed by atoms with E-state index in [0.717, 1.165) is 11.3 Å². The van der Waals surface area contributed by atoms with E-state index < -0.39 is 0 Å². The van der Waals surface area contributed by atoms with E-state index in [4.69, 9.17) is 5.26 Å². The molecule has 2 aromatic rings. The minimum atomic E-state index is -0.374. The van der Waals surface area contributed by atoms with E-state index in [-0.39, 0.29) is 11.1 Å². The van der Waals surface area contributed by atoms with Crippen molar-refractivity contribution in [1.29, 1.82) is 5.26 Å². The van der Waals surface area contributed by atoms with Gasteiger partial charge in [-0.3, -0.25) is 4.79 Å². The lowest BCUT2D eigenvalue weighted by atomic mass is 10.1. The molecule has 0 radical (unpaired) electrons. The summed E-state index contributed by atoms with van der Waals surface area (Å²) in [7, 11) is 0. The fourth-order valence-electron chi connectivity index (χ4n) is 2.14. The lowest BCUT2D eigenvalue weighted by Crippen LogP contribution is -2.23. The van der Waals surface area contributed by atoms with E-state index in [1.807, 2.05) is 51.1 Å². The van der Waals surface area contributed by atoms with Gasteiger partial charge >= 0.3 is 0 Å². The van der Waals surface area contributed by atoms with E-state index in [1.165, 1.54) is 10.2 Å². The Bertz CT molecular complexity index is 806. The Morgan fingerprint density at radius 1 is 1.19 bits per heavy atom. The number of benzene rings is 1. The largest absolute Gasteiger partial charge is 0.289 e. The van der Waals surface area contributed by atoms with Gasteiger partial charge in [0.2, 0.25) is 0 Å². The van der Waals surface area contributed by atoms with Gasteiger partial charge in [-0.05, 0) is 44.9 Å². The molecule has 0 fully saturated rings. The van der Waals surface area contributed by atoms with Crippen LogP contribution in [0.2, 0.25) is 0 Å². The Morgan fingerprint density at radius 3 is 2.38 bits per heavy atom. The summed E-state index contributed by atoms with van der Waals surface area (Å²) >= 11 is 0. The van der Waals surface area contributed by atoms with Crippen LogP contribution in [0.15, 0.2) is 40.2 Å². The molecule has 0 N–H and O–H groups in total. The normalized spacial score (nSPS) is 11.3. The third kappa shape index (κ3) is 2.92. The highest BCUT2D eigenvalue weighted by Gasteiger charge is 2.10. The van der Waals surface area contributed by atoms with Gasteiger partial charge < -0.3 is 0 Å². The average Bonchev–Trinajstić information content (AvgIpc) is 2.44. The molecule has 4 nitrogen and oxygen atoms in total. The van der Waals surface area contributed by atoms with Crippen molar-refractivity contribution in [3.63, 3.8) is 0 Å². The van der Waals surface area contributed by atoms with Crippen LogP contribution in [0, 0.1) is 32.1 Å². The van der Waals surface area contributed by atoms with Crippen LogP contribution in [0.3, 0.4) is 0 Å². The number of pyridine rings is 1. The fourth-order valence-corrected chi connectivity index (χ4v) is 2.14. The van der Waals surface area contributed by atoms with Crippen LogP contribution >= 0.6 is 0 Å². The van der Waals surface area contributed by atoms with Gasteiger partial charge in [0.1, 0.15) is 11.6 Å². The van der Waals surface area contributed by atoms with Crippen LogP contribution < -0.4 is 5.56 Å². The second kappa shape index (κ2) is 5.76.